The first-order valence-electron chi connectivity index (χ1n) is 10.7. The number of anilines is 1. The summed E-state index contributed by atoms with van der Waals surface area (Å²) in [5, 5.41) is 4.29. The van der Waals surface area contributed by atoms with Crippen LogP contribution in [0.5, 0.6) is 0 Å². The summed E-state index contributed by atoms with van der Waals surface area (Å²) in [7, 11) is -4.92. The first kappa shape index (κ1) is 24.8. The van der Waals surface area contributed by atoms with Crippen LogP contribution in [0.3, 0.4) is 0 Å². The van der Waals surface area contributed by atoms with Gasteiger partial charge in [-0.1, -0.05) is 47.5 Å². The minimum Gasteiger partial charge on any atom is -0.288 e. The van der Waals surface area contributed by atoms with Crippen LogP contribution in [0.4, 0.5) is 11.4 Å². The highest BCUT2D eigenvalue weighted by molar-refractivity contribution is 7.85. The predicted octanol–water partition coefficient (Wildman–Crippen LogP) is 3.87. The molecule has 0 amide bonds. The van der Waals surface area contributed by atoms with Crippen LogP contribution in [0.2, 0.25) is 10.0 Å². The zero-order chi connectivity index (χ0) is 26.3. The summed E-state index contributed by atoms with van der Waals surface area (Å²) in [6.07, 6.45) is 0. The first-order chi connectivity index (χ1) is 17.6. The van der Waals surface area contributed by atoms with Gasteiger partial charge in [-0.25, -0.2) is 4.99 Å². The second kappa shape index (κ2) is 9.53. The minimum atomic E-state index is -4.92. The Bertz CT molecular complexity index is 2090. The molecule has 0 fully saturated rings. The van der Waals surface area contributed by atoms with Gasteiger partial charge < -0.3 is 0 Å². The third-order valence-electron chi connectivity index (χ3n) is 5.61. The van der Waals surface area contributed by atoms with Crippen LogP contribution in [0.15, 0.2) is 103 Å². The molecule has 0 heterocycles. The molecule has 2 aliphatic rings. The molecule has 11 heteroatoms. The van der Waals surface area contributed by atoms with E-state index < -0.39 is 31.2 Å². The molecule has 0 radical (unpaired) electrons. The molecule has 184 valence electrons. The highest BCUT2D eigenvalue weighted by Gasteiger charge is 2.20. The average Bonchev–Trinajstić information content (AvgIpc) is 2.87. The van der Waals surface area contributed by atoms with E-state index in [-0.39, 0.29) is 26.6 Å². The van der Waals surface area contributed by atoms with Crippen molar-refractivity contribution in [1.82, 2.24) is 0 Å². The number of nitrogens with zero attached hydrogens (tertiary/aromatic N) is 2. The van der Waals surface area contributed by atoms with Crippen LogP contribution < -0.4 is 27.0 Å². The van der Waals surface area contributed by atoms with E-state index in [9.17, 15) is 22.6 Å². The Morgan fingerprint density at radius 1 is 0.757 bits per heavy atom. The molecule has 5 rings (SSSR count). The maximum absolute atomic E-state index is 13.7. The zero-order valence-electron chi connectivity index (χ0n) is 18.6. The fourth-order valence-electron chi connectivity index (χ4n) is 3.93. The Morgan fingerprint density at radius 2 is 1.30 bits per heavy atom. The molecule has 2 N–H and O–H groups in total. The van der Waals surface area contributed by atoms with Crippen LogP contribution in [-0.2, 0) is 10.1 Å². The van der Waals surface area contributed by atoms with Gasteiger partial charge in [-0.05, 0) is 54.6 Å². The molecule has 8 nitrogen and oxygen atoms in total. The van der Waals surface area contributed by atoms with Gasteiger partial charge in [-0.2, -0.15) is 13.5 Å². The second-order valence-electron chi connectivity index (χ2n) is 7.99. The van der Waals surface area contributed by atoms with Gasteiger partial charge in [0.2, 0.25) is 0 Å². The molecule has 0 spiro atoms. The molecule has 3 aromatic rings. The number of halogens is 2. The summed E-state index contributed by atoms with van der Waals surface area (Å²) in [4.78, 5) is 31.0. The van der Waals surface area contributed by atoms with Crippen LogP contribution in [-0.4, -0.2) is 13.0 Å². The number of fused-ring (bicyclic) bond motifs is 1. The van der Waals surface area contributed by atoms with E-state index in [1.165, 1.54) is 12.1 Å². The molecule has 37 heavy (non-hydrogen) atoms. The van der Waals surface area contributed by atoms with Gasteiger partial charge in [-0.15, -0.1) is 0 Å². The molecule has 0 unspecified atom stereocenters. The van der Waals surface area contributed by atoms with Crippen molar-refractivity contribution in [3.8, 4) is 0 Å². The Labute approximate surface area is 218 Å². The van der Waals surface area contributed by atoms with Crippen LogP contribution >= 0.6 is 23.2 Å². The van der Waals surface area contributed by atoms with Gasteiger partial charge in [0, 0.05) is 20.8 Å². The van der Waals surface area contributed by atoms with Crippen LogP contribution in [0, 0.1) is 10.4 Å². The molecule has 3 aromatic carbocycles. The van der Waals surface area contributed by atoms with Crippen molar-refractivity contribution in [2.75, 3.05) is 5.43 Å². The zero-order valence-corrected chi connectivity index (χ0v) is 21.0. The highest BCUT2D eigenvalue weighted by Crippen LogP contribution is 2.16. The number of hydrogen-bond acceptors (Lipinski definition) is 7. The lowest BCUT2D eigenvalue weighted by atomic mass is 10.0. The normalized spacial score (nSPS) is 12.9. The van der Waals surface area contributed by atoms with Gasteiger partial charge in [0.1, 0.15) is 10.3 Å². The van der Waals surface area contributed by atoms with Crippen molar-refractivity contribution in [2.24, 2.45) is 10.1 Å². The van der Waals surface area contributed by atoms with E-state index in [0.717, 1.165) is 6.07 Å². The molecular formula is C26H15Cl2N3O5S. The summed E-state index contributed by atoms with van der Waals surface area (Å²) < 4.78 is 35.0. The number of hydrogen-bond donors (Lipinski definition) is 2. The lowest BCUT2D eigenvalue weighted by Gasteiger charge is -2.06. The number of nitrogens with one attached hydrogen (secondary N) is 1. The maximum Gasteiger partial charge on any atom is 0.296 e. The third-order valence-corrected chi connectivity index (χ3v) is 6.98. The smallest absolute Gasteiger partial charge is 0.288 e. The van der Waals surface area contributed by atoms with Crippen molar-refractivity contribution in [2.45, 2.75) is 4.90 Å². The molecule has 0 saturated heterocycles. The summed E-state index contributed by atoms with van der Waals surface area (Å²) in [6.45, 7) is 0. The Hall–Kier alpha value is -3.89. The summed E-state index contributed by atoms with van der Waals surface area (Å²) in [5.74, 6) is 0. The molecule has 0 saturated carbocycles. The summed E-state index contributed by atoms with van der Waals surface area (Å²) >= 11 is 11.9. The summed E-state index contributed by atoms with van der Waals surface area (Å²) in [5.41, 5.74) is 2.25. The van der Waals surface area contributed by atoms with Gasteiger partial charge >= 0.3 is 0 Å². The van der Waals surface area contributed by atoms with E-state index in [1.807, 2.05) is 0 Å². The van der Waals surface area contributed by atoms with E-state index in [0.29, 0.717) is 21.4 Å². The fourth-order valence-corrected chi connectivity index (χ4v) is 4.83. The van der Waals surface area contributed by atoms with Crippen molar-refractivity contribution >= 4 is 55.5 Å². The lowest BCUT2D eigenvalue weighted by Crippen LogP contribution is -2.33. The first-order valence-corrected chi connectivity index (χ1v) is 12.9. The Morgan fingerprint density at radius 3 is 1.86 bits per heavy atom. The van der Waals surface area contributed by atoms with Gasteiger partial charge in [0.15, 0.2) is 10.9 Å². The highest BCUT2D eigenvalue weighted by atomic mass is 35.5. The predicted molar refractivity (Wildman–Crippen MR) is 141 cm³/mol. The quantitative estimate of drug-likeness (QED) is 0.258. The standard InChI is InChI=1S/C26H15Cl2N3O5S/c27-14-5-9-16(10-6-14)29-20-13-21(37(34,35)36)24(31-30-17-11-7-15(28)8-12-17)23-22(20)25(32)18-3-1-2-4-19(18)26(23)33/h1-13,30H,(H,34,35,36)/b29-20?,31-24+. The average molecular weight is 552 g/mol. The van der Waals surface area contributed by atoms with Gasteiger partial charge in [0.05, 0.1) is 27.2 Å². The summed E-state index contributed by atoms with van der Waals surface area (Å²) in [6, 6.07) is 19.8. The molecule has 0 aromatic heterocycles. The SMILES string of the molecule is O=c1c2c(=Nc3ccc(Cl)cc3)cc(S(=O)(=O)O)/c(=N\Nc3ccc(Cl)cc3)c=2c(=O)c2ccccc12. The molecule has 0 aliphatic heterocycles. The van der Waals surface area contributed by atoms with Crippen LogP contribution in [0.25, 0.3) is 10.8 Å². The molecular weight excluding hydrogens is 537 g/mol. The van der Waals surface area contributed by atoms with Crippen molar-refractivity contribution in [3.63, 3.8) is 0 Å². The lowest BCUT2D eigenvalue weighted by molar-refractivity contribution is 0.481. The van der Waals surface area contributed by atoms with Crippen LogP contribution in [0.1, 0.15) is 0 Å². The fraction of sp³-hybridized carbons (Fsp3) is 0. The van der Waals surface area contributed by atoms with Crippen molar-refractivity contribution in [1.29, 1.82) is 0 Å². The van der Waals surface area contributed by atoms with Crippen molar-refractivity contribution in [3.05, 3.63) is 131 Å². The molecule has 2 aliphatic carbocycles. The number of rotatable bonds is 4. The van der Waals surface area contributed by atoms with Gasteiger partial charge in [0.25, 0.3) is 10.1 Å². The monoisotopic (exact) mass is 551 g/mol. The topological polar surface area (TPSA) is 125 Å². The van der Waals surface area contributed by atoms with E-state index in [1.54, 1.807) is 60.7 Å². The minimum absolute atomic E-state index is 0.0767. The maximum atomic E-state index is 13.7. The molecule has 0 bridgehead atoms. The largest absolute Gasteiger partial charge is 0.296 e. The third kappa shape index (κ3) is 4.77. The molecule has 0 atom stereocenters. The Kier molecular flexibility index (Phi) is 6.38. The van der Waals surface area contributed by atoms with E-state index in [2.05, 4.69) is 15.5 Å². The van der Waals surface area contributed by atoms with Crippen molar-refractivity contribution < 1.29 is 13.0 Å². The van der Waals surface area contributed by atoms with Gasteiger partial charge in [-0.3, -0.25) is 19.6 Å². The Balaban J connectivity index is 2.03. The number of benzene rings is 3. The van der Waals surface area contributed by atoms with E-state index >= 15 is 0 Å². The van der Waals surface area contributed by atoms with E-state index in [4.69, 9.17) is 23.2 Å². The second-order valence-corrected chi connectivity index (χ2v) is 10.3.